The Morgan fingerprint density at radius 1 is 1.50 bits per heavy atom. The number of aliphatic hydroxyl groups excluding tert-OH is 3. The maximum Gasteiger partial charge on any atom is 0.266 e. The minimum Gasteiger partial charge on any atom is -0.394 e. The van der Waals surface area contributed by atoms with Gasteiger partial charge < -0.3 is 25.8 Å². The summed E-state index contributed by atoms with van der Waals surface area (Å²) in [7, 11) is 0. The molecule has 1 aliphatic rings. The van der Waals surface area contributed by atoms with E-state index in [1.54, 1.807) is 0 Å². The van der Waals surface area contributed by atoms with Crippen molar-refractivity contribution in [2.45, 2.75) is 24.5 Å². The predicted molar refractivity (Wildman–Crippen MR) is 64.7 cm³/mol. The van der Waals surface area contributed by atoms with Gasteiger partial charge in [-0.05, 0) is 6.07 Å². The van der Waals surface area contributed by atoms with Crippen molar-refractivity contribution in [1.82, 2.24) is 4.57 Å². The number of halogens is 1. The van der Waals surface area contributed by atoms with Crippen LogP contribution in [0.25, 0.3) is 0 Å². The van der Waals surface area contributed by atoms with E-state index in [-0.39, 0.29) is 0 Å². The molecule has 1 fully saturated rings. The quantitative estimate of drug-likeness (QED) is 0.318. The van der Waals surface area contributed by atoms with Gasteiger partial charge >= 0.3 is 0 Å². The van der Waals surface area contributed by atoms with Crippen molar-refractivity contribution < 1.29 is 24.4 Å². The zero-order valence-electron chi connectivity index (χ0n) is 10.2. The second-order valence-corrected chi connectivity index (χ2v) is 4.39. The number of nitrogens with two attached hydrogens (primary N) is 1. The Bertz CT molecular complexity index is 590. The van der Waals surface area contributed by atoms with E-state index in [9.17, 15) is 19.4 Å². The fraction of sp³-hybridized carbons (Fsp3) is 0.455. The molecule has 2 rings (SSSR count). The predicted octanol–water partition coefficient (Wildman–Crippen LogP) is -2.12. The number of pyridine rings is 1. The SMILES string of the molecule is N=C(N)c1c(F)ccn(C2OC(CO)C(O)C2O)c1=O. The molecule has 0 aliphatic carbocycles. The third-order valence-corrected chi connectivity index (χ3v) is 3.13. The molecule has 20 heavy (non-hydrogen) atoms. The Morgan fingerprint density at radius 3 is 2.65 bits per heavy atom. The Morgan fingerprint density at radius 2 is 2.15 bits per heavy atom. The van der Waals surface area contributed by atoms with Crippen LogP contribution in [-0.2, 0) is 4.74 Å². The summed E-state index contributed by atoms with van der Waals surface area (Å²) in [5.41, 5.74) is 3.52. The Labute approximate surface area is 112 Å². The lowest BCUT2D eigenvalue weighted by atomic mass is 10.1. The Balaban J connectivity index is 2.47. The van der Waals surface area contributed by atoms with Crippen LogP contribution in [0.2, 0.25) is 0 Å². The van der Waals surface area contributed by atoms with Gasteiger partial charge in [-0.25, -0.2) is 4.39 Å². The number of hydrogen-bond acceptors (Lipinski definition) is 6. The first-order valence-corrected chi connectivity index (χ1v) is 5.76. The number of hydrogen-bond donors (Lipinski definition) is 5. The molecule has 4 unspecified atom stereocenters. The highest BCUT2D eigenvalue weighted by atomic mass is 19.1. The summed E-state index contributed by atoms with van der Waals surface area (Å²) >= 11 is 0. The molecule has 1 aliphatic heterocycles. The van der Waals surface area contributed by atoms with Gasteiger partial charge in [0.05, 0.1) is 6.61 Å². The van der Waals surface area contributed by atoms with E-state index in [0.29, 0.717) is 0 Å². The summed E-state index contributed by atoms with van der Waals surface area (Å²) in [6, 6.07) is 0.896. The average Bonchev–Trinajstić information content (AvgIpc) is 2.66. The van der Waals surface area contributed by atoms with E-state index in [1.807, 2.05) is 0 Å². The summed E-state index contributed by atoms with van der Waals surface area (Å²) in [5, 5.41) is 35.6. The molecule has 1 saturated heterocycles. The van der Waals surface area contributed by atoms with Crippen molar-refractivity contribution in [1.29, 1.82) is 5.41 Å². The van der Waals surface area contributed by atoms with E-state index < -0.39 is 53.9 Å². The van der Waals surface area contributed by atoms with E-state index in [0.717, 1.165) is 16.8 Å². The molecule has 0 spiro atoms. The lowest BCUT2D eigenvalue weighted by Crippen LogP contribution is -2.38. The van der Waals surface area contributed by atoms with Crippen LogP contribution in [0.3, 0.4) is 0 Å². The number of nitrogen functional groups attached to an aromatic ring is 1. The molecule has 2 heterocycles. The van der Waals surface area contributed by atoms with Crippen molar-refractivity contribution in [2.75, 3.05) is 6.61 Å². The van der Waals surface area contributed by atoms with Crippen LogP contribution in [0, 0.1) is 11.2 Å². The standard InChI is InChI=1S/C11H14FN3O5/c12-4-1-2-15(10(19)6(4)9(13)14)11-8(18)7(17)5(3-16)20-11/h1-2,5,7-8,11,16-18H,3H2,(H3,13,14). The van der Waals surface area contributed by atoms with Crippen LogP contribution >= 0.6 is 0 Å². The topological polar surface area (TPSA) is 142 Å². The fourth-order valence-corrected chi connectivity index (χ4v) is 2.08. The number of rotatable bonds is 3. The van der Waals surface area contributed by atoms with Crippen LogP contribution in [0.4, 0.5) is 4.39 Å². The zero-order chi connectivity index (χ0) is 15.0. The van der Waals surface area contributed by atoms with Gasteiger partial charge in [0.2, 0.25) is 0 Å². The van der Waals surface area contributed by atoms with Gasteiger partial charge in [-0.3, -0.25) is 14.8 Å². The molecule has 0 amide bonds. The normalized spacial score (nSPS) is 29.6. The molecule has 110 valence electrons. The van der Waals surface area contributed by atoms with Crippen LogP contribution in [0.1, 0.15) is 11.8 Å². The summed E-state index contributed by atoms with van der Waals surface area (Å²) in [6.45, 7) is -0.551. The summed E-state index contributed by atoms with van der Waals surface area (Å²) < 4.78 is 19.4. The number of amidine groups is 1. The first kappa shape index (κ1) is 14.6. The number of nitrogens with zero attached hydrogens (tertiary/aromatic N) is 1. The van der Waals surface area contributed by atoms with Crippen molar-refractivity contribution in [2.24, 2.45) is 5.73 Å². The van der Waals surface area contributed by atoms with Crippen molar-refractivity contribution >= 4 is 5.84 Å². The van der Waals surface area contributed by atoms with E-state index >= 15 is 0 Å². The fourth-order valence-electron chi connectivity index (χ4n) is 2.08. The maximum absolute atomic E-state index is 13.5. The highest BCUT2D eigenvalue weighted by Crippen LogP contribution is 2.28. The second-order valence-electron chi connectivity index (χ2n) is 4.39. The molecule has 0 radical (unpaired) electrons. The molecule has 9 heteroatoms. The molecule has 8 nitrogen and oxygen atoms in total. The van der Waals surface area contributed by atoms with Gasteiger partial charge in [-0.2, -0.15) is 0 Å². The highest BCUT2D eigenvalue weighted by molar-refractivity contribution is 5.94. The van der Waals surface area contributed by atoms with Crippen LogP contribution < -0.4 is 11.3 Å². The van der Waals surface area contributed by atoms with Gasteiger partial charge in [0.15, 0.2) is 6.23 Å². The largest absolute Gasteiger partial charge is 0.394 e. The zero-order valence-corrected chi connectivity index (χ0v) is 10.2. The molecule has 6 N–H and O–H groups in total. The van der Waals surface area contributed by atoms with E-state index in [2.05, 4.69) is 0 Å². The van der Waals surface area contributed by atoms with Gasteiger partial charge in [0, 0.05) is 6.20 Å². The van der Waals surface area contributed by atoms with E-state index in [4.69, 9.17) is 21.0 Å². The first-order chi connectivity index (χ1) is 9.38. The summed E-state index contributed by atoms with van der Waals surface area (Å²) in [5.74, 6) is -1.72. The molecule has 0 saturated carbocycles. The van der Waals surface area contributed by atoms with Crippen molar-refractivity contribution in [3.05, 3.63) is 34.0 Å². The lowest BCUT2D eigenvalue weighted by Gasteiger charge is -2.18. The van der Waals surface area contributed by atoms with Crippen molar-refractivity contribution in [3.8, 4) is 0 Å². The summed E-state index contributed by atoms with van der Waals surface area (Å²) in [4.78, 5) is 12.0. The van der Waals surface area contributed by atoms with Crippen LogP contribution in [0.5, 0.6) is 0 Å². The molecule has 0 bridgehead atoms. The van der Waals surface area contributed by atoms with Gasteiger partial charge in [-0.1, -0.05) is 0 Å². The molecular weight excluding hydrogens is 273 g/mol. The van der Waals surface area contributed by atoms with Gasteiger partial charge in [0.25, 0.3) is 5.56 Å². The third kappa shape index (κ3) is 2.20. The maximum atomic E-state index is 13.5. The number of nitrogens with one attached hydrogen (secondary N) is 1. The second kappa shape index (κ2) is 5.29. The van der Waals surface area contributed by atoms with Crippen LogP contribution in [-0.4, -0.2) is 50.6 Å². The number of ether oxygens (including phenoxy) is 1. The summed E-state index contributed by atoms with van der Waals surface area (Å²) in [6.07, 6.45) is -4.20. The first-order valence-electron chi connectivity index (χ1n) is 5.76. The number of aromatic nitrogens is 1. The Kier molecular flexibility index (Phi) is 3.86. The molecule has 1 aromatic heterocycles. The third-order valence-electron chi connectivity index (χ3n) is 3.13. The monoisotopic (exact) mass is 287 g/mol. The minimum atomic E-state index is -1.48. The van der Waals surface area contributed by atoms with Gasteiger partial charge in [-0.15, -0.1) is 0 Å². The molecular formula is C11H14FN3O5. The van der Waals surface area contributed by atoms with Gasteiger partial charge in [0.1, 0.15) is 35.5 Å². The smallest absolute Gasteiger partial charge is 0.266 e. The molecule has 4 atom stereocenters. The number of aliphatic hydroxyl groups is 3. The highest BCUT2D eigenvalue weighted by Gasteiger charge is 2.43. The molecule has 0 aromatic carbocycles. The average molecular weight is 287 g/mol. The van der Waals surface area contributed by atoms with Crippen LogP contribution in [0.15, 0.2) is 17.1 Å². The molecule has 1 aromatic rings. The lowest BCUT2D eigenvalue weighted by molar-refractivity contribution is -0.0545. The van der Waals surface area contributed by atoms with Crippen molar-refractivity contribution in [3.63, 3.8) is 0 Å². The van der Waals surface area contributed by atoms with E-state index in [1.165, 1.54) is 0 Å². The minimum absolute atomic E-state index is 0.551. The Hall–Kier alpha value is -1.81.